The largest absolute Gasteiger partial charge is 0.384 e. The fraction of sp³-hybridized carbons (Fsp3) is 0. The Morgan fingerprint density at radius 3 is 2.17 bits per heavy atom. The third kappa shape index (κ3) is 4.23. The summed E-state index contributed by atoms with van der Waals surface area (Å²) in [6.45, 7) is 0. The Balaban J connectivity index is 0.00000150. The number of amidine groups is 2. The lowest BCUT2D eigenvalue weighted by Gasteiger charge is -2.05. The number of benzene rings is 2. The summed E-state index contributed by atoms with van der Waals surface area (Å²) in [5, 5.41) is 16.3. The molecule has 0 aliphatic rings. The number of halogens is 2. The van der Waals surface area contributed by atoms with Gasteiger partial charge in [0.25, 0.3) is 0 Å². The molecule has 2 aromatic heterocycles. The van der Waals surface area contributed by atoms with Crippen LogP contribution in [-0.4, -0.2) is 21.6 Å². The maximum Gasteiger partial charge on any atom is 0.123 e. The number of aromatic amines is 1. The Labute approximate surface area is 180 Å². The molecule has 0 aliphatic carbocycles. The first-order valence-electron chi connectivity index (χ1n) is 8.39. The molecule has 2 aromatic carbocycles. The van der Waals surface area contributed by atoms with Crippen molar-refractivity contribution in [3.05, 3.63) is 78.1 Å². The Morgan fingerprint density at radius 1 is 0.828 bits per heavy atom. The van der Waals surface area contributed by atoms with Crippen molar-refractivity contribution in [3.63, 3.8) is 0 Å². The molecule has 0 radical (unpaired) electrons. The summed E-state index contributed by atoms with van der Waals surface area (Å²) in [5.74, 6) is 0.0704. The fourth-order valence-corrected chi connectivity index (χ4v) is 3.14. The maximum absolute atomic E-state index is 7.77. The van der Waals surface area contributed by atoms with E-state index in [0.29, 0.717) is 11.1 Å². The molecule has 6 nitrogen and oxygen atoms in total. The molecule has 4 aromatic rings. The van der Waals surface area contributed by atoms with E-state index < -0.39 is 0 Å². The van der Waals surface area contributed by atoms with Crippen molar-refractivity contribution in [1.82, 2.24) is 9.97 Å². The molecule has 29 heavy (non-hydrogen) atoms. The molecule has 0 saturated heterocycles. The SMILES string of the molecule is Cl.Cl.N=C(N)c1ccc(-c2ccc3cc(-c4cnccc4C(=N)N)[nH]c3c2)cc1. The van der Waals surface area contributed by atoms with Gasteiger partial charge in [0, 0.05) is 45.7 Å². The average Bonchev–Trinajstić information content (AvgIpc) is 3.11. The van der Waals surface area contributed by atoms with Gasteiger partial charge >= 0.3 is 0 Å². The summed E-state index contributed by atoms with van der Waals surface area (Å²) in [4.78, 5) is 7.56. The normalized spacial score (nSPS) is 10.1. The number of aromatic nitrogens is 2. The number of nitrogens with zero attached hydrogens (tertiary/aromatic N) is 1. The van der Waals surface area contributed by atoms with Gasteiger partial charge in [-0.1, -0.05) is 36.4 Å². The Kier molecular flexibility index (Phi) is 6.64. The second-order valence-electron chi connectivity index (χ2n) is 6.31. The highest BCUT2D eigenvalue weighted by atomic mass is 35.5. The number of pyridine rings is 1. The number of H-pyrrole nitrogens is 1. The Hall–Kier alpha value is -3.35. The van der Waals surface area contributed by atoms with Crippen LogP contribution in [0.2, 0.25) is 0 Å². The van der Waals surface area contributed by atoms with Crippen LogP contribution in [-0.2, 0) is 0 Å². The van der Waals surface area contributed by atoms with Gasteiger partial charge in [-0.15, -0.1) is 24.8 Å². The van der Waals surface area contributed by atoms with E-state index in [-0.39, 0.29) is 36.5 Å². The van der Waals surface area contributed by atoms with Crippen molar-refractivity contribution < 1.29 is 0 Å². The maximum atomic E-state index is 7.77. The molecule has 8 heteroatoms. The van der Waals surface area contributed by atoms with E-state index in [1.807, 2.05) is 36.4 Å². The van der Waals surface area contributed by atoms with Crippen molar-refractivity contribution in [2.45, 2.75) is 0 Å². The standard InChI is InChI=1S/C21H18N6.2ClH/c22-20(23)13-3-1-12(2-4-13)14-5-6-15-10-19(27-18(15)9-14)17-11-26-8-7-16(17)21(24)25;;/h1-11,27H,(H3,22,23)(H3,24,25);2*1H. The molecular weight excluding hydrogens is 407 g/mol. The van der Waals surface area contributed by atoms with E-state index in [9.17, 15) is 0 Å². The molecule has 2 heterocycles. The summed E-state index contributed by atoms with van der Waals surface area (Å²) >= 11 is 0. The molecule has 0 bridgehead atoms. The second-order valence-corrected chi connectivity index (χ2v) is 6.31. The molecule has 0 atom stereocenters. The minimum absolute atomic E-state index is 0. The van der Waals surface area contributed by atoms with Gasteiger partial charge in [-0.05, 0) is 29.3 Å². The summed E-state index contributed by atoms with van der Waals surface area (Å²) in [6.07, 6.45) is 3.34. The van der Waals surface area contributed by atoms with Crippen molar-refractivity contribution in [1.29, 1.82) is 10.8 Å². The highest BCUT2D eigenvalue weighted by Gasteiger charge is 2.11. The van der Waals surface area contributed by atoms with Crippen LogP contribution in [0.4, 0.5) is 0 Å². The van der Waals surface area contributed by atoms with Gasteiger partial charge < -0.3 is 16.5 Å². The van der Waals surface area contributed by atoms with Crippen LogP contribution in [0.25, 0.3) is 33.3 Å². The summed E-state index contributed by atoms with van der Waals surface area (Å²) in [6, 6.07) is 17.5. The lowest BCUT2D eigenvalue weighted by Crippen LogP contribution is -2.12. The summed E-state index contributed by atoms with van der Waals surface area (Å²) in [7, 11) is 0. The van der Waals surface area contributed by atoms with Crippen molar-refractivity contribution in [2.75, 3.05) is 0 Å². The van der Waals surface area contributed by atoms with Gasteiger partial charge in [0.15, 0.2) is 0 Å². The molecule has 0 saturated carbocycles. The number of nitrogens with two attached hydrogens (primary N) is 2. The number of rotatable bonds is 4. The number of hydrogen-bond acceptors (Lipinski definition) is 3. The highest BCUT2D eigenvalue weighted by molar-refractivity contribution is 6.02. The van der Waals surface area contributed by atoms with Crippen LogP contribution in [0.5, 0.6) is 0 Å². The monoisotopic (exact) mass is 426 g/mol. The molecule has 0 spiro atoms. The number of nitrogen functional groups attached to an aromatic ring is 2. The van der Waals surface area contributed by atoms with Gasteiger partial charge in [-0.2, -0.15) is 0 Å². The van der Waals surface area contributed by atoms with E-state index in [1.165, 1.54) is 0 Å². The smallest absolute Gasteiger partial charge is 0.123 e. The van der Waals surface area contributed by atoms with Gasteiger partial charge in [-0.25, -0.2) is 0 Å². The molecule has 148 valence electrons. The van der Waals surface area contributed by atoms with Crippen molar-refractivity contribution in [2.24, 2.45) is 11.5 Å². The van der Waals surface area contributed by atoms with Crippen LogP contribution >= 0.6 is 24.8 Å². The first kappa shape index (κ1) is 21.9. The van der Waals surface area contributed by atoms with E-state index >= 15 is 0 Å². The fourth-order valence-electron chi connectivity index (χ4n) is 3.14. The first-order chi connectivity index (χ1) is 13.0. The minimum Gasteiger partial charge on any atom is -0.384 e. The number of fused-ring (bicyclic) bond motifs is 1. The van der Waals surface area contributed by atoms with Gasteiger partial charge in [0.05, 0.1) is 0 Å². The average molecular weight is 427 g/mol. The summed E-state index contributed by atoms with van der Waals surface area (Å²) < 4.78 is 0. The van der Waals surface area contributed by atoms with E-state index in [4.69, 9.17) is 22.3 Å². The molecule has 0 unspecified atom stereocenters. The second kappa shape index (κ2) is 8.77. The lowest BCUT2D eigenvalue weighted by atomic mass is 10.0. The molecule has 4 rings (SSSR count). The zero-order chi connectivity index (χ0) is 19.0. The summed E-state index contributed by atoms with van der Waals surface area (Å²) in [5.41, 5.74) is 17.3. The highest BCUT2D eigenvalue weighted by Crippen LogP contribution is 2.29. The molecule has 0 fully saturated rings. The molecular formula is C21H20Cl2N6. The first-order valence-corrected chi connectivity index (χ1v) is 8.39. The van der Waals surface area contributed by atoms with Crippen LogP contribution in [0.15, 0.2) is 67.0 Å². The molecule has 7 N–H and O–H groups in total. The Morgan fingerprint density at radius 2 is 1.52 bits per heavy atom. The quantitative estimate of drug-likeness (QED) is 0.246. The molecule has 0 aliphatic heterocycles. The van der Waals surface area contributed by atoms with E-state index in [2.05, 4.69) is 22.1 Å². The predicted octanol–water partition coefficient (Wildman–Crippen LogP) is 4.31. The zero-order valence-electron chi connectivity index (χ0n) is 15.3. The third-order valence-electron chi connectivity index (χ3n) is 4.55. The van der Waals surface area contributed by atoms with Crippen LogP contribution in [0.3, 0.4) is 0 Å². The Bertz CT molecular complexity index is 1180. The van der Waals surface area contributed by atoms with Crippen molar-refractivity contribution >= 4 is 47.4 Å². The van der Waals surface area contributed by atoms with Crippen molar-refractivity contribution in [3.8, 4) is 22.4 Å². The van der Waals surface area contributed by atoms with E-state index in [1.54, 1.807) is 18.5 Å². The van der Waals surface area contributed by atoms with Gasteiger partial charge in [-0.3, -0.25) is 15.8 Å². The zero-order valence-corrected chi connectivity index (χ0v) is 16.9. The predicted molar refractivity (Wildman–Crippen MR) is 123 cm³/mol. The van der Waals surface area contributed by atoms with Gasteiger partial charge in [0.1, 0.15) is 11.7 Å². The topological polar surface area (TPSA) is 128 Å². The van der Waals surface area contributed by atoms with Crippen LogP contribution < -0.4 is 11.5 Å². The lowest BCUT2D eigenvalue weighted by molar-refractivity contribution is 1.29. The number of nitrogens with one attached hydrogen (secondary N) is 3. The minimum atomic E-state index is 0. The molecule has 0 amide bonds. The number of hydrogen-bond donors (Lipinski definition) is 5. The van der Waals surface area contributed by atoms with E-state index in [0.717, 1.165) is 33.3 Å². The van der Waals surface area contributed by atoms with Crippen LogP contribution in [0.1, 0.15) is 11.1 Å². The third-order valence-corrected chi connectivity index (χ3v) is 4.55. The van der Waals surface area contributed by atoms with Crippen LogP contribution in [0, 0.1) is 10.8 Å². The van der Waals surface area contributed by atoms with Gasteiger partial charge in [0.2, 0.25) is 0 Å².